The highest BCUT2D eigenvalue weighted by Gasteiger charge is 2.30. The molecule has 2 aromatic rings. The second-order valence-electron chi connectivity index (χ2n) is 6.30. The van der Waals surface area contributed by atoms with Crippen molar-refractivity contribution in [2.45, 2.75) is 31.6 Å². The minimum Gasteiger partial charge on any atom is -0.471 e. The maximum absolute atomic E-state index is 12.8. The van der Waals surface area contributed by atoms with E-state index in [1.807, 2.05) is 37.3 Å². The summed E-state index contributed by atoms with van der Waals surface area (Å²) in [5.41, 5.74) is 1.96. The van der Waals surface area contributed by atoms with E-state index in [-0.39, 0.29) is 30.0 Å². The number of aryl methyl sites for hydroxylation is 1. The Kier molecular flexibility index (Phi) is 5.49. The van der Waals surface area contributed by atoms with Crippen molar-refractivity contribution >= 4 is 10.0 Å². The molecule has 8 heteroatoms. The first-order valence-electron chi connectivity index (χ1n) is 8.39. The predicted octanol–water partition coefficient (Wildman–Crippen LogP) is 2.03. The molecule has 1 aromatic heterocycles. The Morgan fingerprint density at radius 2 is 2.00 bits per heavy atom. The molecule has 0 spiro atoms. The van der Waals surface area contributed by atoms with Crippen molar-refractivity contribution in [1.29, 1.82) is 5.26 Å². The second-order valence-corrected chi connectivity index (χ2v) is 8.27. The summed E-state index contributed by atoms with van der Waals surface area (Å²) < 4.78 is 32.7. The van der Waals surface area contributed by atoms with Gasteiger partial charge in [-0.15, -0.1) is 0 Å². The molecular weight excluding hydrogens is 352 g/mol. The lowest BCUT2D eigenvalue weighted by atomic mass is 10.1. The Morgan fingerprint density at radius 1 is 1.27 bits per heavy atom. The van der Waals surface area contributed by atoms with Gasteiger partial charge in [0, 0.05) is 18.9 Å². The van der Waals surface area contributed by atoms with Gasteiger partial charge in [-0.1, -0.05) is 29.8 Å². The lowest BCUT2D eigenvalue weighted by Gasteiger charge is -2.31. The molecular formula is C18H20N4O3S. The van der Waals surface area contributed by atoms with Gasteiger partial charge in [0.15, 0.2) is 0 Å². The topological polar surface area (TPSA) is 96.2 Å². The van der Waals surface area contributed by atoms with Crippen LogP contribution >= 0.6 is 0 Å². The van der Waals surface area contributed by atoms with Crippen LogP contribution < -0.4 is 4.74 Å². The molecule has 0 amide bonds. The average molecular weight is 372 g/mol. The van der Waals surface area contributed by atoms with Crippen LogP contribution in [0.15, 0.2) is 36.7 Å². The van der Waals surface area contributed by atoms with Gasteiger partial charge in [-0.3, -0.25) is 0 Å². The largest absolute Gasteiger partial charge is 0.471 e. The molecule has 136 valence electrons. The Bertz CT molecular complexity index is 907. The minimum absolute atomic E-state index is 0.0331. The van der Waals surface area contributed by atoms with Crippen molar-refractivity contribution in [3.8, 4) is 11.9 Å². The second kappa shape index (κ2) is 7.81. The third kappa shape index (κ3) is 4.36. The van der Waals surface area contributed by atoms with Crippen LogP contribution in [0.4, 0.5) is 0 Å². The van der Waals surface area contributed by atoms with Gasteiger partial charge in [0.05, 0.1) is 12.3 Å². The monoisotopic (exact) mass is 372 g/mol. The normalized spacial score (nSPS) is 18.2. The molecule has 0 bridgehead atoms. The Morgan fingerprint density at radius 3 is 2.73 bits per heavy atom. The van der Waals surface area contributed by atoms with Crippen LogP contribution in [0.3, 0.4) is 0 Å². The van der Waals surface area contributed by atoms with Gasteiger partial charge >= 0.3 is 0 Å². The molecule has 3 rings (SSSR count). The van der Waals surface area contributed by atoms with Gasteiger partial charge in [0.2, 0.25) is 15.7 Å². The van der Waals surface area contributed by atoms with Crippen molar-refractivity contribution in [1.82, 2.24) is 14.3 Å². The van der Waals surface area contributed by atoms with E-state index in [0.717, 1.165) is 11.1 Å². The Balaban J connectivity index is 1.69. The number of nitriles is 1. The summed E-state index contributed by atoms with van der Waals surface area (Å²) in [5.74, 6) is 0.118. The average Bonchev–Trinajstić information content (AvgIpc) is 2.64. The van der Waals surface area contributed by atoms with E-state index < -0.39 is 10.0 Å². The number of piperidine rings is 1. The number of hydrogen-bond acceptors (Lipinski definition) is 6. The quantitative estimate of drug-likeness (QED) is 0.797. The molecule has 1 saturated heterocycles. The number of sulfonamides is 1. The fraction of sp³-hybridized carbons (Fsp3) is 0.389. The summed E-state index contributed by atoms with van der Waals surface area (Å²) in [6.07, 6.45) is 3.92. The maximum atomic E-state index is 12.8. The van der Waals surface area contributed by atoms with E-state index in [1.165, 1.54) is 16.7 Å². The van der Waals surface area contributed by atoms with Gasteiger partial charge in [-0.25, -0.2) is 18.4 Å². The summed E-state index contributed by atoms with van der Waals surface area (Å²) >= 11 is 0. The Hall–Kier alpha value is -2.50. The van der Waals surface area contributed by atoms with Gasteiger partial charge in [0.1, 0.15) is 12.2 Å². The lowest BCUT2D eigenvalue weighted by molar-refractivity contribution is 0.123. The molecule has 26 heavy (non-hydrogen) atoms. The summed E-state index contributed by atoms with van der Waals surface area (Å²) in [6, 6.07) is 9.42. The van der Waals surface area contributed by atoms with Crippen LogP contribution in [0.25, 0.3) is 0 Å². The van der Waals surface area contributed by atoms with Crippen molar-refractivity contribution in [2.75, 3.05) is 13.1 Å². The standard InChI is InChI=1S/C18H20N4O3S/c1-14-4-6-15(7-5-14)13-26(23,24)22-10-2-3-16(12-22)25-18-17(11-19)20-8-9-21-18/h4-9,16H,2-3,10,12-13H2,1H3. The number of aromatic nitrogens is 2. The smallest absolute Gasteiger partial charge is 0.251 e. The first-order chi connectivity index (χ1) is 12.5. The molecule has 2 heterocycles. The fourth-order valence-electron chi connectivity index (χ4n) is 2.89. The molecule has 0 radical (unpaired) electrons. The van der Waals surface area contributed by atoms with E-state index in [1.54, 1.807) is 0 Å². The fourth-order valence-corrected chi connectivity index (χ4v) is 4.48. The number of benzene rings is 1. The first kappa shape index (κ1) is 18.3. The molecule has 1 unspecified atom stereocenters. The first-order valence-corrected chi connectivity index (χ1v) is 10.00. The Labute approximate surface area is 153 Å². The minimum atomic E-state index is -3.44. The number of hydrogen-bond donors (Lipinski definition) is 0. The SMILES string of the molecule is Cc1ccc(CS(=O)(=O)N2CCCC(Oc3nccnc3C#N)C2)cc1. The van der Waals surface area contributed by atoms with Gasteiger partial charge in [-0.05, 0) is 25.3 Å². The van der Waals surface area contributed by atoms with Crippen LogP contribution in [0.2, 0.25) is 0 Å². The van der Waals surface area contributed by atoms with E-state index in [4.69, 9.17) is 10.00 Å². The van der Waals surface area contributed by atoms with Crippen molar-refractivity contribution in [3.05, 3.63) is 53.5 Å². The zero-order valence-electron chi connectivity index (χ0n) is 14.5. The molecule has 1 fully saturated rings. The molecule has 7 nitrogen and oxygen atoms in total. The zero-order valence-corrected chi connectivity index (χ0v) is 15.3. The van der Waals surface area contributed by atoms with Gasteiger partial charge in [-0.2, -0.15) is 9.57 Å². The summed E-state index contributed by atoms with van der Waals surface area (Å²) in [7, 11) is -3.44. The number of ether oxygens (including phenoxy) is 1. The van der Waals surface area contributed by atoms with Crippen molar-refractivity contribution in [3.63, 3.8) is 0 Å². The summed E-state index contributed by atoms with van der Waals surface area (Å²) in [6.45, 7) is 2.68. The molecule has 0 N–H and O–H groups in total. The number of rotatable bonds is 5. The van der Waals surface area contributed by atoms with Gasteiger partial charge < -0.3 is 4.74 Å². The summed E-state index contributed by atoms with van der Waals surface area (Å²) in [5, 5.41) is 9.07. The van der Waals surface area contributed by atoms with E-state index in [2.05, 4.69) is 9.97 Å². The van der Waals surface area contributed by atoms with Crippen LogP contribution in [-0.4, -0.2) is 41.9 Å². The molecule has 0 aliphatic carbocycles. The summed E-state index contributed by atoms with van der Waals surface area (Å²) in [4.78, 5) is 7.94. The zero-order chi connectivity index (χ0) is 18.6. The molecule has 1 aliphatic heterocycles. The third-order valence-corrected chi connectivity index (χ3v) is 6.07. The van der Waals surface area contributed by atoms with E-state index in [0.29, 0.717) is 19.4 Å². The van der Waals surface area contributed by atoms with Crippen LogP contribution in [-0.2, 0) is 15.8 Å². The van der Waals surface area contributed by atoms with E-state index in [9.17, 15) is 8.42 Å². The maximum Gasteiger partial charge on any atom is 0.251 e. The highest BCUT2D eigenvalue weighted by atomic mass is 32.2. The molecule has 0 saturated carbocycles. The van der Waals surface area contributed by atoms with Gasteiger partial charge in [0.25, 0.3) is 5.88 Å². The van der Waals surface area contributed by atoms with Crippen molar-refractivity contribution in [2.24, 2.45) is 0 Å². The van der Waals surface area contributed by atoms with E-state index >= 15 is 0 Å². The highest BCUT2D eigenvalue weighted by Crippen LogP contribution is 2.22. The lowest BCUT2D eigenvalue weighted by Crippen LogP contribution is -2.44. The molecule has 1 atom stereocenters. The molecule has 1 aliphatic rings. The molecule has 1 aromatic carbocycles. The van der Waals surface area contributed by atoms with Crippen LogP contribution in [0.5, 0.6) is 5.88 Å². The van der Waals surface area contributed by atoms with Crippen molar-refractivity contribution < 1.29 is 13.2 Å². The highest BCUT2D eigenvalue weighted by molar-refractivity contribution is 7.88. The predicted molar refractivity (Wildman–Crippen MR) is 95.8 cm³/mol. The third-order valence-electron chi connectivity index (χ3n) is 4.25. The number of nitrogens with zero attached hydrogens (tertiary/aromatic N) is 4. The van der Waals surface area contributed by atoms with Crippen LogP contribution in [0.1, 0.15) is 29.7 Å². The van der Waals surface area contributed by atoms with Crippen LogP contribution in [0, 0.1) is 18.3 Å².